The number of anilines is 2. The second-order valence-electron chi connectivity index (χ2n) is 5.95. The van der Waals surface area contributed by atoms with Crippen molar-refractivity contribution < 1.29 is 23.5 Å². The molecule has 0 radical (unpaired) electrons. The second-order valence-corrected chi connectivity index (χ2v) is 5.95. The fourth-order valence-electron chi connectivity index (χ4n) is 2.93. The third-order valence-electron chi connectivity index (χ3n) is 4.23. The van der Waals surface area contributed by atoms with Crippen molar-refractivity contribution in [3.05, 3.63) is 48.3 Å². The Morgan fingerprint density at radius 2 is 1.85 bits per heavy atom. The molecule has 1 N–H and O–H groups in total. The summed E-state index contributed by atoms with van der Waals surface area (Å²) in [6, 6.07) is 10.5. The Kier molecular flexibility index (Phi) is 4.08. The lowest BCUT2D eigenvalue weighted by molar-refractivity contribution is -0.116. The first-order chi connectivity index (χ1) is 12.6. The molecule has 0 saturated carbocycles. The second kappa shape index (κ2) is 6.55. The molecule has 0 spiro atoms. The van der Waals surface area contributed by atoms with Gasteiger partial charge in [0.1, 0.15) is 12.4 Å². The smallest absolute Gasteiger partial charge is 0.325 e. The molecule has 4 rings (SSSR count). The predicted molar refractivity (Wildman–Crippen MR) is 91.9 cm³/mol. The van der Waals surface area contributed by atoms with Crippen LogP contribution in [0.3, 0.4) is 0 Å². The zero-order valence-corrected chi connectivity index (χ0v) is 13.8. The van der Waals surface area contributed by atoms with Gasteiger partial charge in [0, 0.05) is 30.5 Å². The van der Waals surface area contributed by atoms with Gasteiger partial charge < -0.3 is 19.7 Å². The van der Waals surface area contributed by atoms with Gasteiger partial charge in [0.15, 0.2) is 11.5 Å². The first kappa shape index (κ1) is 16.2. The van der Waals surface area contributed by atoms with Gasteiger partial charge in [0.25, 0.3) is 0 Å². The van der Waals surface area contributed by atoms with Crippen LogP contribution in [0.15, 0.2) is 42.5 Å². The number of carbonyl (C=O) groups excluding carboxylic acids is 2. The van der Waals surface area contributed by atoms with E-state index in [4.69, 9.17) is 9.47 Å². The van der Waals surface area contributed by atoms with Crippen LogP contribution in [0.2, 0.25) is 0 Å². The molecule has 0 atom stereocenters. The summed E-state index contributed by atoms with van der Waals surface area (Å²) in [5.41, 5.74) is 1.18. The highest BCUT2D eigenvalue weighted by molar-refractivity contribution is 5.99. The maximum Gasteiger partial charge on any atom is 0.325 e. The minimum absolute atomic E-state index is 0.0722. The Balaban J connectivity index is 1.39. The minimum atomic E-state index is -0.378. The molecule has 1 saturated heterocycles. The number of carbonyl (C=O) groups is 2. The van der Waals surface area contributed by atoms with Crippen LogP contribution in [0.1, 0.15) is 0 Å². The van der Waals surface area contributed by atoms with Gasteiger partial charge in [-0.2, -0.15) is 0 Å². The van der Waals surface area contributed by atoms with Crippen LogP contribution in [0.5, 0.6) is 11.5 Å². The van der Waals surface area contributed by atoms with E-state index in [1.165, 1.54) is 29.2 Å². The Bertz CT molecular complexity index is 856. The molecule has 134 valence electrons. The topological polar surface area (TPSA) is 71.1 Å². The van der Waals surface area contributed by atoms with Gasteiger partial charge in [-0.15, -0.1) is 0 Å². The van der Waals surface area contributed by atoms with Crippen molar-refractivity contribution in [3.8, 4) is 11.5 Å². The average molecular weight is 357 g/mol. The number of hydrogen-bond acceptors (Lipinski definition) is 4. The number of rotatable bonds is 4. The highest BCUT2D eigenvalue weighted by atomic mass is 19.1. The largest absolute Gasteiger partial charge is 0.454 e. The van der Waals surface area contributed by atoms with Gasteiger partial charge in [-0.3, -0.25) is 9.69 Å². The van der Waals surface area contributed by atoms with Crippen LogP contribution in [-0.2, 0) is 4.79 Å². The quantitative estimate of drug-likeness (QED) is 0.912. The highest BCUT2D eigenvalue weighted by Crippen LogP contribution is 2.36. The fraction of sp³-hybridized carbons (Fsp3) is 0.222. The summed E-state index contributed by atoms with van der Waals surface area (Å²) in [5.74, 6) is 0.535. The predicted octanol–water partition coefficient (Wildman–Crippen LogP) is 2.44. The van der Waals surface area contributed by atoms with Crippen molar-refractivity contribution in [2.24, 2.45) is 0 Å². The third kappa shape index (κ3) is 3.13. The molecule has 26 heavy (non-hydrogen) atoms. The van der Waals surface area contributed by atoms with Crippen LogP contribution < -0.4 is 19.7 Å². The zero-order valence-electron chi connectivity index (χ0n) is 13.8. The SMILES string of the molecule is O=C(CN1CCN(c2ccc3c(c2)OCO3)C1=O)Nc1ccc(F)cc1. The van der Waals surface area contributed by atoms with E-state index in [0.717, 1.165) is 0 Å². The maximum absolute atomic E-state index is 12.9. The first-order valence-corrected chi connectivity index (χ1v) is 8.12. The molecule has 1 fully saturated rings. The molecular weight excluding hydrogens is 341 g/mol. The molecule has 8 heteroatoms. The van der Waals surface area contributed by atoms with Crippen molar-refractivity contribution in [1.82, 2.24) is 4.90 Å². The molecule has 0 aliphatic carbocycles. The summed E-state index contributed by atoms with van der Waals surface area (Å²) in [7, 11) is 0. The van der Waals surface area contributed by atoms with E-state index >= 15 is 0 Å². The zero-order chi connectivity index (χ0) is 18.1. The Labute approximate surface area is 148 Å². The van der Waals surface area contributed by atoms with Crippen LogP contribution >= 0.6 is 0 Å². The molecular formula is C18H16FN3O4. The van der Waals surface area contributed by atoms with Gasteiger partial charge in [0.05, 0.1) is 0 Å². The third-order valence-corrected chi connectivity index (χ3v) is 4.23. The Hall–Kier alpha value is -3.29. The Morgan fingerprint density at radius 3 is 2.65 bits per heavy atom. The van der Waals surface area contributed by atoms with Gasteiger partial charge in [-0.1, -0.05) is 0 Å². The van der Waals surface area contributed by atoms with Crippen LogP contribution in [-0.4, -0.2) is 43.3 Å². The van der Waals surface area contributed by atoms with E-state index < -0.39 is 0 Å². The van der Waals surface area contributed by atoms with Gasteiger partial charge in [-0.05, 0) is 36.4 Å². The van der Waals surface area contributed by atoms with E-state index in [1.807, 2.05) is 0 Å². The highest BCUT2D eigenvalue weighted by Gasteiger charge is 2.31. The molecule has 2 aliphatic heterocycles. The summed E-state index contributed by atoms with van der Waals surface area (Å²) in [5, 5.41) is 2.65. The van der Waals surface area contributed by atoms with E-state index in [9.17, 15) is 14.0 Å². The molecule has 2 aromatic rings. The van der Waals surface area contributed by atoms with Crippen LogP contribution in [0.4, 0.5) is 20.6 Å². The van der Waals surface area contributed by atoms with Gasteiger partial charge >= 0.3 is 6.03 Å². The van der Waals surface area contributed by atoms with Gasteiger partial charge in [-0.25, -0.2) is 9.18 Å². The summed E-state index contributed by atoms with van der Waals surface area (Å²) < 4.78 is 23.5. The molecule has 3 amide bonds. The van der Waals surface area contributed by atoms with Crippen molar-refractivity contribution in [2.45, 2.75) is 0 Å². The number of nitrogens with zero attached hydrogens (tertiary/aromatic N) is 2. The van der Waals surface area contributed by atoms with E-state index in [2.05, 4.69) is 5.32 Å². The van der Waals surface area contributed by atoms with Gasteiger partial charge in [0.2, 0.25) is 12.7 Å². The number of nitrogens with one attached hydrogen (secondary N) is 1. The monoisotopic (exact) mass is 357 g/mol. The summed E-state index contributed by atoms with van der Waals surface area (Å²) in [6.45, 7) is 1.01. The lowest BCUT2D eigenvalue weighted by Crippen LogP contribution is -2.37. The fourth-order valence-corrected chi connectivity index (χ4v) is 2.93. The first-order valence-electron chi connectivity index (χ1n) is 8.12. The lowest BCUT2D eigenvalue weighted by atomic mass is 10.2. The summed E-state index contributed by atoms with van der Waals surface area (Å²) in [6.07, 6.45) is 0. The normalized spacial score (nSPS) is 15.5. The number of halogens is 1. The summed E-state index contributed by atoms with van der Waals surface area (Å²) in [4.78, 5) is 27.8. The Morgan fingerprint density at radius 1 is 1.08 bits per heavy atom. The van der Waals surface area contributed by atoms with Crippen LogP contribution in [0, 0.1) is 5.82 Å². The number of ether oxygens (including phenoxy) is 2. The summed E-state index contributed by atoms with van der Waals surface area (Å²) >= 11 is 0. The van der Waals surface area contributed by atoms with E-state index in [1.54, 1.807) is 23.1 Å². The number of amides is 3. The lowest BCUT2D eigenvalue weighted by Gasteiger charge is -2.18. The number of benzene rings is 2. The average Bonchev–Trinajstić information content (AvgIpc) is 3.23. The van der Waals surface area contributed by atoms with Crippen molar-refractivity contribution >= 4 is 23.3 Å². The number of hydrogen-bond donors (Lipinski definition) is 1. The maximum atomic E-state index is 12.9. The van der Waals surface area contributed by atoms with Crippen molar-refractivity contribution in [3.63, 3.8) is 0 Å². The number of fused-ring (bicyclic) bond motifs is 1. The molecule has 2 heterocycles. The number of urea groups is 1. The molecule has 0 aromatic heterocycles. The van der Waals surface area contributed by atoms with E-state index in [-0.39, 0.29) is 31.1 Å². The van der Waals surface area contributed by atoms with Crippen LogP contribution in [0.25, 0.3) is 0 Å². The van der Waals surface area contributed by atoms with Crippen molar-refractivity contribution in [1.29, 1.82) is 0 Å². The van der Waals surface area contributed by atoms with E-state index in [0.29, 0.717) is 36.0 Å². The molecule has 2 aliphatic rings. The molecule has 0 unspecified atom stereocenters. The molecule has 2 aromatic carbocycles. The minimum Gasteiger partial charge on any atom is -0.454 e. The van der Waals surface area contributed by atoms with Crippen molar-refractivity contribution in [2.75, 3.05) is 36.6 Å². The molecule has 7 nitrogen and oxygen atoms in total. The molecule has 0 bridgehead atoms. The standard InChI is InChI=1S/C18H16FN3O4/c19-12-1-3-13(4-2-12)20-17(23)10-21-7-8-22(18(21)24)14-5-6-15-16(9-14)26-11-25-15/h1-6,9H,7-8,10-11H2,(H,20,23).